The van der Waals surface area contributed by atoms with Crippen LogP contribution in [0.2, 0.25) is 0 Å². The van der Waals surface area contributed by atoms with Gasteiger partial charge in [-0.1, -0.05) is 59.7 Å². The average Bonchev–Trinajstić information content (AvgIpc) is 2.93. The second kappa shape index (κ2) is 25.0. The molecule has 0 saturated heterocycles. The van der Waals surface area contributed by atoms with Gasteiger partial charge in [0.25, 0.3) is 0 Å². The maximum absolute atomic E-state index is 2.89. The molecule has 0 saturated carbocycles. The number of hydrogen-bond donors (Lipinski definition) is 0. The molecule has 0 radical (unpaired) electrons. The fourth-order valence-corrected chi connectivity index (χ4v) is 2.66. The van der Waals surface area contributed by atoms with Crippen molar-refractivity contribution in [2.75, 3.05) is 0 Å². The second-order valence-corrected chi connectivity index (χ2v) is 8.75. The van der Waals surface area contributed by atoms with Crippen molar-refractivity contribution in [3.63, 3.8) is 0 Å². The van der Waals surface area contributed by atoms with Gasteiger partial charge in [-0.05, 0) is 0 Å². The zero-order valence-corrected chi connectivity index (χ0v) is 26.6. The van der Waals surface area contributed by atoms with E-state index in [1.165, 1.54) is 34.4 Å². The zero-order chi connectivity index (χ0) is 27.0. The molecule has 0 aliphatic carbocycles. The van der Waals surface area contributed by atoms with Crippen LogP contribution in [0.3, 0.4) is 0 Å². The molecule has 0 aliphatic heterocycles. The van der Waals surface area contributed by atoms with Gasteiger partial charge in [-0.15, -0.1) is 36.4 Å². The molecule has 0 bridgehead atoms. The predicted molar refractivity (Wildman–Crippen MR) is 161 cm³/mol. The first kappa shape index (κ1) is 36.5. The van der Waals surface area contributed by atoms with Crippen molar-refractivity contribution in [2.24, 2.45) is 0 Å². The molecule has 198 valence electrons. The van der Waals surface area contributed by atoms with E-state index in [1.807, 2.05) is 68.8 Å². The summed E-state index contributed by atoms with van der Waals surface area (Å²) in [6.45, 7) is 16.7. The smallest absolute Gasteiger partial charge is 0 e. The predicted octanol–water partition coefficient (Wildman–Crippen LogP) is 10.7. The normalized spacial score (nSPS) is 8.43. The Morgan fingerprint density at radius 3 is 0.757 bits per heavy atom. The Bertz CT molecular complexity index is 801. The summed E-state index contributed by atoms with van der Waals surface area (Å²) in [6.07, 6.45) is 2.00. The molecule has 0 amide bonds. The van der Waals surface area contributed by atoms with Crippen LogP contribution in [0.1, 0.15) is 72.1 Å². The molecule has 0 heterocycles. The molecule has 0 spiro atoms. The van der Waals surface area contributed by atoms with Gasteiger partial charge in [0.2, 0.25) is 0 Å². The van der Waals surface area contributed by atoms with Gasteiger partial charge in [-0.3, -0.25) is 0 Å². The molecule has 0 aliphatic rings. The third kappa shape index (κ3) is 21.2. The molecule has 4 aromatic carbocycles. The van der Waals surface area contributed by atoms with E-state index in [4.69, 9.17) is 0 Å². The summed E-state index contributed by atoms with van der Waals surface area (Å²) in [5, 5.41) is 0. The van der Waals surface area contributed by atoms with E-state index in [-0.39, 0.29) is 26.2 Å². The van der Waals surface area contributed by atoms with Crippen molar-refractivity contribution in [1.29, 1.82) is 0 Å². The Kier molecular flexibility index (Phi) is 24.7. The first-order valence-corrected chi connectivity index (χ1v) is 12.5. The van der Waals surface area contributed by atoms with Crippen LogP contribution in [-0.2, 0) is 26.2 Å². The summed E-state index contributed by atoms with van der Waals surface area (Å²) in [5.74, 6) is 4.11. The van der Waals surface area contributed by atoms with E-state index in [0.717, 1.165) is 0 Å². The molecule has 0 fully saturated rings. The Labute approximate surface area is 248 Å². The van der Waals surface area contributed by atoms with Gasteiger partial charge in [0.15, 0.2) is 0 Å². The summed E-state index contributed by atoms with van der Waals surface area (Å²) in [5.41, 5.74) is 3.99. The fraction of sp³-hybridized carbons (Fsp3) is 0.222. The van der Waals surface area contributed by atoms with Crippen LogP contribution in [0.4, 0.5) is 0 Å². The molecule has 0 aromatic heterocycles. The van der Waals surface area contributed by atoms with Crippen molar-refractivity contribution in [3.8, 4) is 0 Å². The van der Waals surface area contributed by atoms with Crippen LogP contribution in [0.15, 0.2) is 121 Å². The SMILES string of the molecule is C[C-](C)c1ccccc1.C[C-](C)c1ccccc1.C[C-](C)c1ccccc1.C[CH-]C.[Zr].[c-]1ccccc1. The van der Waals surface area contributed by atoms with Crippen LogP contribution in [0, 0.1) is 30.2 Å². The van der Waals surface area contributed by atoms with Crippen LogP contribution in [-0.4, -0.2) is 0 Å². The number of hydrogen-bond acceptors (Lipinski definition) is 0. The third-order valence-corrected chi connectivity index (χ3v) is 4.66. The van der Waals surface area contributed by atoms with Gasteiger partial charge in [0.05, 0.1) is 0 Å². The van der Waals surface area contributed by atoms with Gasteiger partial charge in [-0.25, -0.2) is 0 Å². The van der Waals surface area contributed by atoms with Gasteiger partial charge in [0.1, 0.15) is 0 Å². The van der Waals surface area contributed by atoms with Crippen molar-refractivity contribution in [2.45, 2.75) is 55.4 Å². The summed E-state index contributed by atoms with van der Waals surface area (Å²) < 4.78 is 0. The summed E-state index contributed by atoms with van der Waals surface area (Å²) >= 11 is 0. The minimum atomic E-state index is 0. The van der Waals surface area contributed by atoms with E-state index in [9.17, 15) is 0 Å². The Balaban J connectivity index is 0. The topological polar surface area (TPSA) is 0 Å². The fourth-order valence-electron chi connectivity index (χ4n) is 2.66. The van der Waals surface area contributed by atoms with Crippen LogP contribution < -0.4 is 0 Å². The van der Waals surface area contributed by atoms with E-state index >= 15 is 0 Å². The van der Waals surface area contributed by atoms with Crippen LogP contribution in [0.25, 0.3) is 0 Å². The molecule has 1 heteroatoms. The van der Waals surface area contributed by atoms with Crippen molar-refractivity contribution in [3.05, 3.63) is 168 Å². The third-order valence-electron chi connectivity index (χ3n) is 4.66. The monoisotopic (exact) mass is 567 g/mol. The van der Waals surface area contributed by atoms with Gasteiger partial charge in [-0.2, -0.15) is 121 Å². The first-order valence-electron chi connectivity index (χ1n) is 12.5. The molecular formula is C36H45Zr-5. The summed E-state index contributed by atoms with van der Waals surface area (Å²) in [4.78, 5) is 0. The maximum atomic E-state index is 2.89. The Morgan fingerprint density at radius 2 is 0.649 bits per heavy atom. The van der Waals surface area contributed by atoms with Crippen LogP contribution >= 0.6 is 0 Å². The zero-order valence-electron chi connectivity index (χ0n) is 24.1. The minimum Gasteiger partial charge on any atom is -0.335 e. The second-order valence-electron chi connectivity index (χ2n) is 8.75. The van der Waals surface area contributed by atoms with E-state index in [1.54, 1.807) is 0 Å². The quantitative estimate of drug-likeness (QED) is 0.216. The Hall–Kier alpha value is -2.63. The molecule has 4 aromatic rings. The van der Waals surface area contributed by atoms with Gasteiger partial charge in [0, 0.05) is 26.2 Å². The van der Waals surface area contributed by atoms with E-state index in [2.05, 4.69) is 120 Å². The minimum absolute atomic E-state index is 0. The van der Waals surface area contributed by atoms with Crippen molar-refractivity contribution < 1.29 is 26.2 Å². The van der Waals surface area contributed by atoms with E-state index < -0.39 is 0 Å². The maximum Gasteiger partial charge on any atom is 0 e. The molecule has 37 heavy (non-hydrogen) atoms. The standard InChI is InChI=1S/3C9H11.C6H5.C3H7.Zr/c3*1-8(2)9-6-4-3-5-7-9;1-2-4-6-5-3-1;1-3-2;/h3*3-7H,1-2H3;1-5H;3H,1-2H3;/q5*-1;. The van der Waals surface area contributed by atoms with Crippen molar-refractivity contribution >= 4 is 0 Å². The number of rotatable bonds is 3. The average molecular weight is 569 g/mol. The van der Waals surface area contributed by atoms with Crippen molar-refractivity contribution in [1.82, 2.24) is 0 Å². The molecule has 0 nitrogen and oxygen atoms in total. The van der Waals surface area contributed by atoms with Gasteiger partial charge >= 0.3 is 0 Å². The molecule has 0 N–H and O–H groups in total. The molecule has 0 unspecified atom stereocenters. The molecule has 0 atom stereocenters. The van der Waals surface area contributed by atoms with Gasteiger partial charge < -0.3 is 6.42 Å². The first-order chi connectivity index (χ1) is 17.3. The van der Waals surface area contributed by atoms with E-state index in [0.29, 0.717) is 0 Å². The summed E-state index contributed by atoms with van der Waals surface area (Å²) in [6, 6.07) is 43.7. The largest absolute Gasteiger partial charge is 0.335 e. The molecular weight excluding hydrogens is 524 g/mol. The molecule has 4 rings (SSSR count). The summed E-state index contributed by atoms with van der Waals surface area (Å²) in [7, 11) is 0. The Morgan fingerprint density at radius 1 is 0.432 bits per heavy atom. The number of benzene rings is 4. The van der Waals surface area contributed by atoms with Crippen LogP contribution in [0.5, 0.6) is 0 Å².